The van der Waals surface area contributed by atoms with Crippen molar-refractivity contribution in [3.05, 3.63) is 28.3 Å². The van der Waals surface area contributed by atoms with Gasteiger partial charge >= 0.3 is 0 Å². The SMILES string of the molecule is CCC1(C)C(N)CC1Oc1ccc([N+](=O)[O-])cc1OC. The molecule has 0 bridgehead atoms. The van der Waals surface area contributed by atoms with Crippen LogP contribution in [-0.2, 0) is 0 Å². The maximum Gasteiger partial charge on any atom is 0.273 e. The highest BCUT2D eigenvalue weighted by Crippen LogP contribution is 2.46. The number of hydrogen-bond donors (Lipinski definition) is 1. The molecule has 3 atom stereocenters. The van der Waals surface area contributed by atoms with Gasteiger partial charge in [0.1, 0.15) is 6.10 Å². The van der Waals surface area contributed by atoms with Gasteiger partial charge in [-0.25, -0.2) is 0 Å². The molecule has 1 aromatic carbocycles. The van der Waals surface area contributed by atoms with E-state index in [-0.39, 0.29) is 23.2 Å². The number of nitro groups is 1. The van der Waals surface area contributed by atoms with E-state index in [2.05, 4.69) is 13.8 Å². The van der Waals surface area contributed by atoms with Crippen LogP contribution in [0.2, 0.25) is 0 Å². The van der Waals surface area contributed by atoms with Crippen LogP contribution in [0.4, 0.5) is 5.69 Å². The molecule has 6 heteroatoms. The lowest BCUT2D eigenvalue weighted by Crippen LogP contribution is -2.61. The molecule has 0 amide bonds. The Kier molecular flexibility index (Phi) is 3.85. The molecule has 0 aromatic heterocycles. The van der Waals surface area contributed by atoms with Gasteiger partial charge in [-0.15, -0.1) is 0 Å². The van der Waals surface area contributed by atoms with Crippen molar-refractivity contribution < 1.29 is 14.4 Å². The van der Waals surface area contributed by atoms with Gasteiger partial charge in [-0.05, 0) is 12.5 Å². The fraction of sp³-hybridized carbons (Fsp3) is 0.571. The van der Waals surface area contributed by atoms with Crippen molar-refractivity contribution in [2.75, 3.05) is 7.11 Å². The Balaban J connectivity index is 2.20. The van der Waals surface area contributed by atoms with Crippen LogP contribution in [-0.4, -0.2) is 24.2 Å². The molecule has 1 aromatic rings. The van der Waals surface area contributed by atoms with Crippen molar-refractivity contribution in [1.82, 2.24) is 0 Å². The molecule has 0 saturated heterocycles. The van der Waals surface area contributed by atoms with E-state index in [1.54, 1.807) is 6.07 Å². The van der Waals surface area contributed by atoms with E-state index in [9.17, 15) is 10.1 Å². The largest absolute Gasteiger partial charge is 0.493 e. The van der Waals surface area contributed by atoms with Crippen LogP contribution in [0.25, 0.3) is 0 Å². The molecule has 1 aliphatic carbocycles. The van der Waals surface area contributed by atoms with Crippen LogP contribution < -0.4 is 15.2 Å². The Morgan fingerprint density at radius 2 is 2.20 bits per heavy atom. The van der Waals surface area contributed by atoms with Gasteiger partial charge in [0.05, 0.1) is 18.1 Å². The summed E-state index contributed by atoms with van der Waals surface area (Å²) >= 11 is 0. The van der Waals surface area contributed by atoms with Crippen LogP contribution in [0, 0.1) is 15.5 Å². The third-order valence-electron chi connectivity index (χ3n) is 4.44. The number of non-ortho nitro benzene ring substituents is 1. The number of nitro benzene ring substituents is 1. The zero-order chi connectivity index (χ0) is 14.9. The van der Waals surface area contributed by atoms with E-state index in [1.807, 2.05) is 0 Å². The number of ether oxygens (including phenoxy) is 2. The molecular formula is C14H20N2O4. The molecule has 1 saturated carbocycles. The standard InChI is InChI=1S/C14H20N2O4/c1-4-14(2)12(15)8-13(14)20-10-6-5-9(16(17)18)7-11(10)19-3/h5-7,12-13H,4,8,15H2,1-3H3. The molecule has 0 aliphatic heterocycles. The Morgan fingerprint density at radius 1 is 1.50 bits per heavy atom. The highest BCUT2D eigenvalue weighted by atomic mass is 16.6. The Hall–Kier alpha value is -1.82. The summed E-state index contributed by atoms with van der Waals surface area (Å²) in [5, 5.41) is 10.8. The average molecular weight is 280 g/mol. The van der Waals surface area contributed by atoms with Gasteiger partial charge < -0.3 is 15.2 Å². The van der Waals surface area contributed by atoms with Gasteiger partial charge in [-0.2, -0.15) is 0 Å². The normalized spacial score (nSPS) is 28.6. The molecule has 0 spiro atoms. The fourth-order valence-electron chi connectivity index (χ4n) is 2.54. The quantitative estimate of drug-likeness (QED) is 0.661. The first kappa shape index (κ1) is 14.6. The smallest absolute Gasteiger partial charge is 0.273 e. The van der Waals surface area contributed by atoms with E-state index < -0.39 is 4.92 Å². The average Bonchev–Trinajstić information content (AvgIpc) is 2.45. The van der Waals surface area contributed by atoms with Crippen LogP contribution in [0.15, 0.2) is 18.2 Å². The molecule has 1 aliphatic rings. The lowest BCUT2D eigenvalue weighted by atomic mass is 9.62. The minimum atomic E-state index is -0.457. The van der Waals surface area contributed by atoms with Crippen molar-refractivity contribution in [3.8, 4) is 11.5 Å². The summed E-state index contributed by atoms with van der Waals surface area (Å²) in [5.41, 5.74) is 5.97. The third-order valence-corrected chi connectivity index (χ3v) is 4.44. The van der Waals surface area contributed by atoms with Gasteiger partial charge in [0.15, 0.2) is 11.5 Å². The van der Waals surface area contributed by atoms with Gasteiger partial charge in [-0.3, -0.25) is 10.1 Å². The molecule has 1 fully saturated rings. The van der Waals surface area contributed by atoms with E-state index in [0.717, 1.165) is 12.8 Å². The molecule has 20 heavy (non-hydrogen) atoms. The first-order chi connectivity index (χ1) is 9.42. The lowest BCUT2D eigenvalue weighted by molar-refractivity contribution is -0.385. The van der Waals surface area contributed by atoms with Gasteiger partial charge in [0.25, 0.3) is 5.69 Å². The number of methoxy groups -OCH3 is 1. The summed E-state index contributed by atoms with van der Waals surface area (Å²) in [7, 11) is 1.47. The van der Waals surface area contributed by atoms with Crippen molar-refractivity contribution in [3.63, 3.8) is 0 Å². The number of nitrogens with two attached hydrogens (primary N) is 1. The zero-order valence-corrected chi connectivity index (χ0v) is 12.0. The van der Waals surface area contributed by atoms with Crippen molar-refractivity contribution in [2.45, 2.75) is 38.8 Å². The minimum Gasteiger partial charge on any atom is -0.493 e. The summed E-state index contributed by atoms with van der Waals surface area (Å²) in [4.78, 5) is 10.3. The predicted octanol–water partition coefficient (Wildman–Crippen LogP) is 2.50. The number of nitrogens with zero attached hydrogens (tertiary/aromatic N) is 1. The molecule has 0 heterocycles. The summed E-state index contributed by atoms with van der Waals surface area (Å²) in [6.07, 6.45) is 1.72. The second-order valence-electron chi connectivity index (χ2n) is 5.40. The predicted molar refractivity (Wildman–Crippen MR) is 75.1 cm³/mol. The third kappa shape index (κ3) is 2.31. The molecular weight excluding hydrogens is 260 g/mol. The highest BCUT2D eigenvalue weighted by molar-refractivity contribution is 5.48. The molecule has 2 N–H and O–H groups in total. The minimum absolute atomic E-state index is 0.0119. The molecule has 3 unspecified atom stereocenters. The topological polar surface area (TPSA) is 87.6 Å². The van der Waals surface area contributed by atoms with Gasteiger partial charge in [0, 0.05) is 23.9 Å². The van der Waals surface area contributed by atoms with E-state index in [0.29, 0.717) is 11.5 Å². The zero-order valence-electron chi connectivity index (χ0n) is 12.0. The Bertz CT molecular complexity index is 520. The second-order valence-corrected chi connectivity index (χ2v) is 5.40. The summed E-state index contributed by atoms with van der Waals surface area (Å²) < 4.78 is 11.1. The van der Waals surface area contributed by atoms with Crippen molar-refractivity contribution >= 4 is 5.69 Å². The van der Waals surface area contributed by atoms with E-state index in [1.165, 1.54) is 19.2 Å². The molecule has 2 rings (SSSR count). The van der Waals surface area contributed by atoms with Crippen LogP contribution >= 0.6 is 0 Å². The summed E-state index contributed by atoms with van der Waals surface area (Å²) in [6, 6.07) is 4.50. The van der Waals surface area contributed by atoms with Crippen LogP contribution in [0.5, 0.6) is 11.5 Å². The lowest BCUT2D eigenvalue weighted by Gasteiger charge is -2.51. The van der Waals surface area contributed by atoms with Gasteiger partial charge in [0.2, 0.25) is 0 Å². The first-order valence-corrected chi connectivity index (χ1v) is 6.67. The maximum absolute atomic E-state index is 10.8. The van der Waals surface area contributed by atoms with Crippen LogP contribution in [0.1, 0.15) is 26.7 Å². The monoisotopic (exact) mass is 280 g/mol. The van der Waals surface area contributed by atoms with Crippen LogP contribution in [0.3, 0.4) is 0 Å². The first-order valence-electron chi connectivity index (χ1n) is 6.67. The van der Waals surface area contributed by atoms with E-state index >= 15 is 0 Å². The molecule has 0 radical (unpaired) electrons. The number of benzene rings is 1. The fourth-order valence-corrected chi connectivity index (χ4v) is 2.54. The molecule has 110 valence electrons. The van der Waals surface area contributed by atoms with Gasteiger partial charge in [-0.1, -0.05) is 13.8 Å². The summed E-state index contributed by atoms with van der Waals surface area (Å²) in [5.74, 6) is 0.896. The van der Waals surface area contributed by atoms with E-state index in [4.69, 9.17) is 15.2 Å². The van der Waals surface area contributed by atoms with Crippen molar-refractivity contribution in [2.24, 2.45) is 11.1 Å². The highest BCUT2D eigenvalue weighted by Gasteiger charge is 2.50. The Morgan fingerprint density at radius 3 is 2.70 bits per heavy atom. The second kappa shape index (κ2) is 5.28. The maximum atomic E-state index is 10.8. The summed E-state index contributed by atoms with van der Waals surface area (Å²) in [6.45, 7) is 4.19. The molecule has 6 nitrogen and oxygen atoms in total. The van der Waals surface area contributed by atoms with Crippen molar-refractivity contribution in [1.29, 1.82) is 0 Å². The number of hydrogen-bond acceptors (Lipinski definition) is 5. The Labute approximate surface area is 118 Å². The number of rotatable bonds is 5.